The summed E-state index contributed by atoms with van der Waals surface area (Å²) >= 11 is 3.09. The van der Waals surface area contributed by atoms with E-state index in [0.29, 0.717) is 4.47 Å². The number of para-hydroxylation sites is 1. The fourth-order valence-corrected chi connectivity index (χ4v) is 1.48. The maximum Gasteiger partial charge on any atom is 0.339 e. The molecule has 2 N–H and O–H groups in total. The monoisotopic (exact) mass is 274 g/mol. The maximum absolute atomic E-state index is 11.2. The number of phenols is 1. The molecule has 1 aromatic carbocycles. The minimum atomic E-state index is -1.46. The first-order valence-corrected chi connectivity index (χ1v) is 5.19. The molecule has 0 bridgehead atoms. The van der Waals surface area contributed by atoms with E-state index in [9.17, 15) is 15.0 Å². The number of ether oxygens (including phenoxy) is 1. The van der Waals surface area contributed by atoms with Crippen molar-refractivity contribution in [3.05, 3.63) is 28.2 Å². The predicted octanol–water partition coefficient (Wildman–Crippen LogP) is 1.75. The molecule has 0 aliphatic carbocycles. The van der Waals surface area contributed by atoms with Crippen molar-refractivity contribution < 1.29 is 19.7 Å². The number of aliphatic hydroxyl groups is 1. The summed E-state index contributed by atoms with van der Waals surface area (Å²) in [5.41, 5.74) is 0.128. The molecule has 0 radical (unpaired) electrons. The molecule has 0 spiro atoms. The molecule has 0 saturated carbocycles. The Morgan fingerprint density at radius 3 is 2.87 bits per heavy atom. The molecule has 1 unspecified atom stereocenters. The van der Waals surface area contributed by atoms with Crippen LogP contribution in [0.3, 0.4) is 0 Å². The van der Waals surface area contributed by atoms with Crippen molar-refractivity contribution in [2.24, 2.45) is 0 Å². The Morgan fingerprint density at radius 1 is 1.60 bits per heavy atom. The Bertz CT molecular complexity index is 364. The van der Waals surface area contributed by atoms with Crippen LogP contribution >= 0.6 is 15.9 Å². The topological polar surface area (TPSA) is 66.8 Å². The number of hydrogen-bond acceptors (Lipinski definition) is 4. The molecule has 1 rings (SSSR count). The second-order valence-electron chi connectivity index (χ2n) is 2.83. The zero-order valence-electron chi connectivity index (χ0n) is 8.11. The van der Waals surface area contributed by atoms with Gasteiger partial charge in [0.05, 0.1) is 11.1 Å². The molecule has 0 heterocycles. The van der Waals surface area contributed by atoms with Crippen molar-refractivity contribution in [2.45, 2.75) is 13.0 Å². The van der Waals surface area contributed by atoms with Crippen LogP contribution in [-0.2, 0) is 9.53 Å². The number of carbonyl (C=O) groups is 1. The van der Waals surface area contributed by atoms with Gasteiger partial charge in [0.1, 0.15) is 5.75 Å². The number of phenolic OH excluding ortho intramolecular Hbond substituents is 1. The van der Waals surface area contributed by atoms with E-state index < -0.39 is 12.1 Å². The van der Waals surface area contributed by atoms with Gasteiger partial charge in [0.2, 0.25) is 0 Å². The summed E-state index contributed by atoms with van der Waals surface area (Å²) in [6.45, 7) is 1.83. The predicted molar refractivity (Wildman–Crippen MR) is 57.4 cm³/mol. The van der Waals surface area contributed by atoms with E-state index in [0.717, 1.165) is 0 Å². The molecular formula is C10H11BrO4. The Kier molecular flexibility index (Phi) is 4.11. The molecule has 0 aliphatic rings. The minimum absolute atomic E-state index is 0.128. The highest BCUT2D eigenvalue weighted by molar-refractivity contribution is 9.10. The Balaban J connectivity index is 2.96. The smallest absolute Gasteiger partial charge is 0.339 e. The summed E-state index contributed by atoms with van der Waals surface area (Å²) in [5, 5.41) is 19.1. The third kappa shape index (κ3) is 2.70. The summed E-state index contributed by atoms with van der Waals surface area (Å²) in [5.74, 6) is -0.927. The number of benzene rings is 1. The van der Waals surface area contributed by atoms with Crippen LogP contribution in [0.2, 0.25) is 0 Å². The number of rotatable bonds is 3. The van der Waals surface area contributed by atoms with Gasteiger partial charge in [-0.15, -0.1) is 0 Å². The standard InChI is InChI=1S/C10H11BrO4/c1-2-15-10(14)9(13)6-4-3-5-7(11)8(6)12/h3-5,9,12-13H,2H2,1H3. The molecule has 0 aromatic heterocycles. The summed E-state index contributed by atoms with van der Waals surface area (Å²) in [6, 6.07) is 4.68. The molecule has 82 valence electrons. The van der Waals surface area contributed by atoms with E-state index in [1.54, 1.807) is 19.1 Å². The second-order valence-corrected chi connectivity index (χ2v) is 3.69. The Labute approximate surface area is 95.6 Å². The molecule has 0 aliphatic heterocycles. The van der Waals surface area contributed by atoms with E-state index in [1.165, 1.54) is 6.07 Å². The Hall–Kier alpha value is -1.07. The van der Waals surface area contributed by atoms with Gasteiger partial charge in [-0.25, -0.2) is 4.79 Å². The van der Waals surface area contributed by atoms with E-state index in [2.05, 4.69) is 20.7 Å². The van der Waals surface area contributed by atoms with E-state index >= 15 is 0 Å². The van der Waals surface area contributed by atoms with Crippen LogP contribution in [0, 0.1) is 0 Å². The van der Waals surface area contributed by atoms with Crippen molar-refractivity contribution >= 4 is 21.9 Å². The lowest BCUT2D eigenvalue weighted by molar-refractivity contribution is -0.153. The van der Waals surface area contributed by atoms with Crippen LogP contribution in [0.1, 0.15) is 18.6 Å². The van der Waals surface area contributed by atoms with Crippen LogP contribution in [0.4, 0.5) is 0 Å². The zero-order chi connectivity index (χ0) is 11.4. The van der Waals surface area contributed by atoms with Gasteiger partial charge in [-0.2, -0.15) is 0 Å². The molecule has 5 heteroatoms. The van der Waals surface area contributed by atoms with Gasteiger partial charge in [-0.05, 0) is 28.9 Å². The van der Waals surface area contributed by atoms with Crippen molar-refractivity contribution in [3.8, 4) is 5.75 Å². The molecule has 1 atom stereocenters. The van der Waals surface area contributed by atoms with Crippen molar-refractivity contribution in [2.75, 3.05) is 6.61 Å². The van der Waals surface area contributed by atoms with Crippen molar-refractivity contribution in [3.63, 3.8) is 0 Å². The lowest BCUT2D eigenvalue weighted by Gasteiger charge is -2.11. The van der Waals surface area contributed by atoms with Crippen LogP contribution in [0.5, 0.6) is 5.75 Å². The van der Waals surface area contributed by atoms with Crippen LogP contribution in [-0.4, -0.2) is 22.8 Å². The minimum Gasteiger partial charge on any atom is -0.506 e. The van der Waals surface area contributed by atoms with Gasteiger partial charge in [-0.1, -0.05) is 12.1 Å². The highest BCUT2D eigenvalue weighted by Gasteiger charge is 2.22. The van der Waals surface area contributed by atoms with Gasteiger partial charge in [0.25, 0.3) is 0 Å². The summed E-state index contributed by atoms with van der Waals surface area (Å²) in [4.78, 5) is 11.2. The van der Waals surface area contributed by atoms with Crippen molar-refractivity contribution in [1.29, 1.82) is 0 Å². The van der Waals surface area contributed by atoms with Crippen molar-refractivity contribution in [1.82, 2.24) is 0 Å². The van der Waals surface area contributed by atoms with Gasteiger partial charge in [-0.3, -0.25) is 0 Å². The lowest BCUT2D eigenvalue weighted by Crippen LogP contribution is -2.15. The van der Waals surface area contributed by atoms with Crippen LogP contribution in [0.15, 0.2) is 22.7 Å². The average molecular weight is 275 g/mol. The summed E-state index contributed by atoms with van der Waals surface area (Å²) < 4.78 is 5.06. The quantitative estimate of drug-likeness (QED) is 0.825. The molecule has 1 aromatic rings. The molecule has 15 heavy (non-hydrogen) atoms. The first-order valence-electron chi connectivity index (χ1n) is 4.40. The van der Waals surface area contributed by atoms with E-state index in [4.69, 9.17) is 0 Å². The maximum atomic E-state index is 11.2. The summed E-state index contributed by atoms with van der Waals surface area (Å²) in [6.07, 6.45) is -1.46. The van der Waals surface area contributed by atoms with Crippen LogP contribution < -0.4 is 0 Å². The third-order valence-electron chi connectivity index (χ3n) is 1.82. The van der Waals surface area contributed by atoms with E-state index in [-0.39, 0.29) is 17.9 Å². The lowest BCUT2D eigenvalue weighted by atomic mass is 10.1. The van der Waals surface area contributed by atoms with Gasteiger partial charge in [0, 0.05) is 5.56 Å². The van der Waals surface area contributed by atoms with E-state index in [1.807, 2.05) is 0 Å². The van der Waals surface area contributed by atoms with Gasteiger partial charge in [0.15, 0.2) is 6.10 Å². The summed E-state index contributed by atoms with van der Waals surface area (Å²) in [7, 11) is 0. The fraction of sp³-hybridized carbons (Fsp3) is 0.300. The van der Waals surface area contributed by atoms with Gasteiger partial charge < -0.3 is 14.9 Å². The molecule has 0 fully saturated rings. The second kappa shape index (κ2) is 5.14. The number of esters is 1. The number of carbonyl (C=O) groups excluding carboxylic acids is 1. The number of halogens is 1. The zero-order valence-corrected chi connectivity index (χ0v) is 9.69. The fourth-order valence-electron chi connectivity index (χ4n) is 1.10. The third-order valence-corrected chi connectivity index (χ3v) is 2.46. The Morgan fingerprint density at radius 2 is 2.27 bits per heavy atom. The molecular weight excluding hydrogens is 264 g/mol. The highest BCUT2D eigenvalue weighted by Crippen LogP contribution is 2.32. The largest absolute Gasteiger partial charge is 0.506 e. The molecule has 0 amide bonds. The normalized spacial score (nSPS) is 12.2. The van der Waals surface area contributed by atoms with Gasteiger partial charge >= 0.3 is 5.97 Å². The number of aromatic hydroxyl groups is 1. The molecule has 4 nitrogen and oxygen atoms in total. The first-order chi connectivity index (χ1) is 7.07. The average Bonchev–Trinajstić information content (AvgIpc) is 2.21. The SMILES string of the molecule is CCOC(=O)C(O)c1cccc(Br)c1O. The number of aliphatic hydroxyl groups excluding tert-OH is 1. The van der Waals surface area contributed by atoms with Crippen LogP contribution in [0.25, 0.3) is 0 Å². The highest BCUT2D eigenvalue weighted by atomic mass is 79.9. The molecule has 0 saturated heterocycles. The first kappa shape index (κ1) is 12.0. The number of hydrogen-bond donors (Lipinski definition) is 2.